The summed E-state index contributed by atoms with van der Waals surface area (Å²) in [5, 5.41) is 21.2. The van der Waals surface area contributed by atoms with Gasteiger partial charge in [-0.05, 0) is 73.5 Å². The lowest BCUT2D eigenvalue weighted by Crippen LogP contribution is -2.35. The number of aliphatic hydroxyl groups is 2. The molecule has 2 N–H and O–H groups in total. The molecule has 0 aromatic heterocycles. The van der Waals surface area contributed by atoms with Crippen LogP contribution in [0.5, 0.6) is 5.75 Å². The molecule has 0 bridgehead atoms. The predicted octanol–water partition coefficient (Wildman–Crippen LogP) is 3.48. The predicted molar refractivity (Wildman–Crippen MR) is 123 cm³/mol. The smallest absolute Gasteiger partial charge is 0.416 e. The van der Waals surface area contributed by atoms with Crippen LogP contribution in [0.15, 0.2) is 18.2 Å². The number of cyclic esters (lactones) is 1. The summed E-state index contributed by atoms with van der Waals surface area (Å²) in [5.74, 6) is 1.31. The molecule has 1 saturated carbocycles. The first-order chi connectivity index (χ1) is 16.0. The van der Waals surface area contributed by atoms with E-state index in [0.717, 1.165) is 68.3 Å². The maximum absolute atomic E-state index is 12.3. The Kier molecular flexibility index (Phi) is 7.91. The van der Waals surface area contributed by atoms with Gasteiger partial charge in [-0.15, -0.1) is 0 Å². The minimum atomic E-state index is -0.608. The highest BCUT2D eigenvalue weighted by atomic mass is 16.6. The van der Waals surface area contributed by atoms with E-state index >= 15 is 0 Å². The molecule has 2 aliphatic carbocycles. The zero-order valence-electron chi connectivity index (χ0n) is 19.6. The summed E-state index contributed by atoms with van der Waals surface area (Å²) in [4.78, 5) is 25.0. The topological polar surface area (TPSA) is 96.3 Å². The van der Waals surface area contributed by atoms with Crippen molar-refractivity contribution in [1.82, 2.24) is 4.90 Å². The fourth-order valence-corrected chi connectivity index (χ4v) is 5.94. The summed E-state index contributed by atoms with van der Waals surface area (Å²) in [7, 11) is 0. The number of carbonyl (C=O) groups excluding carboxylic acids is 2. The molecule has 182 valence electrons. The van der Waals surface area contributed by atoms with E-state index in [9.17, 15) is 19.8 Å². The Hall–Kier alpha value is -2.12. The van der Waals surface area contributed by atoms with Crippen LogP contribution in [0, 0.1) is 17.8 Å². The minimum absolute atomic E-state index is 0.194. The van der Waals surface area contributed by atoms with Crippen LogP contribution in [-0.2, 0) is 22.4 Å². The second-order valence-corrected chi connectivity index (χ2v) is 9.87. The summed E-state index contributed by atoms with van der Waals surface area (Å²) in [6, 6.07) is 5.94. The highest BCUT2D eigenvalue weighted by Gasteiger charge is 2.45. The number of imide groups is 1. The molecular weight excluding hydrogens is 422 g/mol. The van der Waals surface area contributed by atoms with Crippen LogP contribution in [0.3, 0.4) is 0 Å². The van der Waals surface area contributed by atoms with Crippen molar-refractivity contribution in [3.8, 4) is 5.75 Å². The SMILES string of the molecule is CCCCC[C@@H](O)CCC1[C@H](O)C[C@@H]2Cc3c(cccc3OCC(=O)N3CCOC3=O)C[C@H]12. The minimum Gasteiger partial charge on any atom is -0.483 e. The number of amides is 2. The number of unbranched alkanes of at least 4 members (excludes halogenated alkanes) is 2. The van der Waals surface area contributed by atoms with Crippen molar-refractivity contribution in [1.29, 1.82) is 0 Å². The number of benzene rings is 1. The molecule has 5 atom stereocenters. The number of fused-ring (bicyclic) bond motifs is 2. The average molecular weight is 460 g/mol. The van der Waals surface area contributed by atoms with Crippen molar-refractivity contribution in [2.24, 2.45) is 17.8 Å². The van der Waals surface area contributed by atoms with Gasteiger partial charge < -0.3 is 19.7 Å². The first kappa shape index (κ1) is 24.0. The summed E-state index contributed by atoms with van der Waals surface area (Å²) in [5.41, 5.74) is 2.33. The van der Waals surface area contributed by atoms with E-state index in [4.69, 9.17) is 9.47 Å². The first-order valence-corrected chi connectivity index (χ1v) is 12.5. The first-order valence-electron chi connectivity index (χ1n) is 12.5. The Morgan fingerprint density at radius 1 is 1.27 bits per heavy atom. The van der Waals surface area contributed by atoms with Gasteiger partial charge in [0, 0.05) is 0 Å². The molecule has 2 fully saturated rings. The second-order valence-electron chi connectivity index (χ2n) is 9.87. The van der Waals surface area contributed by atoms with Gasteiger partial charge in [0.15, 0.2) is 6.61 Å². The lowest BCUT2D eigenvalue weighted by atomic mass is 9.73. The van der Waals surface area contributed by atoms with Crippen LogP contribution in [0.4, 0.5) is 4.79 Å². The molecule has 1 unspecified atom stereocenters. The Balaban J connectivity index is 1.36. The summed E-state index contributed by atoms with van der Waals surface area (Å²) >= 11 is 0. The van der Waals surface area contributed by atoms with Gasteiger partial charge in [-0.3, -0.25) is 4.79 Å². The maximum Gasteiger partial charge on any atom is 0.416 e. The number of hydrogen-bond donors (Lipinski definition) is 2. The molecule has 7 heteroatoms. The Bertz CT molecular complexity index is 842. The summed E-state index contributed by atoms with van der Waals surface area (Å²) in [6.07, 6.45) is 7.11. The number of aliphatic hydroxyl groups excluding tert-OH is 2. The number of carbonyl (C=O) groups is 2. The largest absolute Gasteiger partial charge is 0.483 e. The number of nitrogens with zero attached hydrogens (tertiary/aromatic N) is 1. The van der Waals surface area contributed by atoms with E-state index in [1.165, 1.54) is 5.56 Å². The molecule has 1 aromatic rings. The van der Waals surface area contributed by atoms with Crippen molar-refractivity contribution in [3.05, 3.63) is 29.3 Å². The monoisotopic (exact) mass is 459 g/mol. The molecule has 33 heavy (non-hydrogen) atoms. The Labute approximate surface area is 196 Å². The van der Waals surface area contributed by atoms with Gasteiger partial charge in [0.2, 0.25) is 0 Å². The van der Waals surface area contributed by atoms with Gasteiger partial charge in [0.25, 0.3) is 5.91 Å². The van der Waals surface area contributed by atoms with E-state index in [-0.39, 0.29) is 37.9 Å². The van der Waals surface area contributed by atoms with Gasteiger partial charge in [-0.1, -0.05) is 38.3 Å². The highest BCUT2D eigenvalue weighted by Crippen LogP contribution is 2.48. The molecule has 0 spiro atoms. The molecular formula is C26H37NO6. The van der Waals surface area contributed by atoms with Gasteiger partial charge in [0.05, 0.1) is 18.8 Å². The van der Waals surface area contributed by atoms with E-state index in [0.29, 0.717) is 17.6 Å². The third kappa shape index (κ3) is 5.52. The van der Waals surface area contributed by atoms with Crippen LogP contribution in [0.1, 0.15) is 63.0 Å². The zero-order valence-corrected chi connectivity index (χ0v) is 19.6. The summed E-state index contributed by atoms with van der Waals surface area (Å²) in [6.45, 7) is 2.47. The van der Waals surface area contributed by atoms with Gasteiger partial charge >= 0.3 is 6.09 Å². The van der Waals surface area contributed by atoms with E-state index in [1.54, 1.807) is 0 Å². The normalized spacial score (nSPS) is 27.1. The van der Waals surface area contributed by atoms with Gasteiger partial charge in [-0.2, -0.15) is 0 Å². The fourth-order valence-electron chi connectivity index (χ4n) is 5.94. The number of hydrogen-bond acceptors (Lipinski definition) is 6. The van der Waals surface area contributed by atoms with Crippen molar-refractivity contribution in [2.45, 2.75) is 76.9 Å². The molecule has 7 nitrogen and oxygen atoms in total. The quantitative estimate of drug-likeness (QED) is 0.520. The van der Waals surface area contributed by atoms with Crippen LogP contribution >= 0.6 is 0 Å². The second kappa shape index (κ2) is 10.9. The molecule has 2 amide bonds. The Morgan fingerprint density at radius 3 is 2.88 bits per heavy atom. The van der Waals surface area contributed by atoms with Gasteiger partial charge in [0.1, 0.15) is 12.4 Å². The van der Waals surface area contributed by atoms with Crippen molar-refractivity contribution < 1.29 is 29.3 Å². The van der Waals surface area contributed by atoms with Crippen LogP contribution in [0.2, 0.25) is 0 Å². The molecule has 1 aliphatic heterocycles. The third-order valence-corrected chi connectivity index (χ3v) is 7.73. The van der Waals surface area contributed by atoms with Crippen LogP contribution in [0.25, 0.3) is 0 Å². The van der Waals surface area contributed by atoms with Crippen molar-refractivity contribution >= 4 is 12.0 Å². The lowest BCUT2D eigenvalue weighted by molar-refractivity contribution is -0.129. The average Bonchev–Trinajstić information content (AvgIpc) is 3.36. The molecule has 1 aromatic carbocycles. The van der Waals surface area contributed by atoms with Crippen LogP contribution in [-0.4, -0.2) is 59.1 Å². The number of ether oxygens (including phenoxy) is 2. The van der Waals surface area contributed by atoms with Crippen molar-refractivity contribution in [3.63, 3.8) is 0 Å². The summed E-state index contributed by atoms with van der Waals surface area (Å²) < 4.78 is 10.7. The zero-order chi connectivity index (χ0) is 23.4. The van der Waals surface area contributed by atoms with Crippen LogP contribution < -0.4 is 4.74 Å². The third-order valence-electron chi connectivity index (χ3n) is 7.73. The van der Waals surface area contributed by atoms with Gasteiger partial charge in [-0.25, -0.2) is 9.69 Å². The molecule has 1 heterocycles. The standard InChI is InChI=1S/C26H37NO6/c1-2-3-4-7-19(28)9-10-20-21-13-17-6-5-8-24(22(17)14-18(21)15-23(20)29)33-16-25(30)27-11-12-32-26(27)31/h5-6,8,18-21,23,28-29H,2-4,7,9-16H2,1H3/t18-,19+,20?,21-,23+/m0/s1. The Morgan fingerprint density at radius 2 is 2.12 bits per heavy atom. The number of rotatable bonds is 10. The molecule has 1 saturated heterocycles. The maximum atomic E-state index is 12.3. The van der Waals surface area contributed by atoms with E-state index < -0.39 is 12.0 Å². The molecule has 0 radical (unpaired) electrons. The van der Waals surface area contributed by atoms with E-state index in [1.807, 2.05) is 12.1 Å². The van der Waals surface area contributed by atoms with E-state index in [2.05, 4.69) is 13.0 Å². The highest BCUT2D eigenvalue weighted by molar-refractivity contribution is 5.93. The molecule has 3 aliphatic rings. The van der Waals surface area contributed by atoms with Crippen molar-refractivity contribution in [2.75, 3.05) is 19.8 Å². The lowest BCUT2D eigenvalue weighted by Gasteiger charge is -2.32. The fraction of sp³-hybridized carbons (Fsp3) is 0.692. The molecule has 4 rings (SSSR count).